The largest absolute Gasteiger partial charge is 0.470 e. The maximum atomic E-state index is 6.02. The molecule has 0 fully saturated rings. The summed E-state index contributed by atoms with van der Waals surface area (Å²) in [6.07, 6.45) is 7.40. The maximum Gasteiger partial charge on any atom is 0.178 e. The van der Waals surface area contributed by atoms with Crippen LogP contribution in [0.4, 0.5) is 0 Å². The van der Waals surface area contributed by atoms with Crippen molar-refractivity contribution >= 4 is 11.6 Å². The van der Waals surface area contributed by atoms with E-state index in [1.165, 1.54) is 0 Å². The van der Waals surface area contributed by atoms with Crippen LogP contribution in [0.25, 0.3) is 0 Å². The number of hydrogen-bond acceptors (Lipinski definition) is 3. The van der Waals surface area contributed by atoms with Gasteiger partial charge < -0.3 is 14.6 Å². The van der Waals surface area contributed by atoms with Crippen LogP contribution in [0.3, 0.4) is 0 Å². The quantitative estimate of drug-likeness (QED) is 0.757. The smallest absolute Gasteiger partial charge is 0.178 e. The highest BCUT2D eigenvalue weighted by atomic mass is 35.5. The van der Waals surface area contributed by atoms with E-state index < -0.39 is 0 Å². The van der Waals surface area contributed by atoms with Crippen molar-refractivity contribution in [2.75, 3.05) is 13.1 Å². The lowest BCUT2D eigenvalue weighted by Gasteiger charge is -2.20. The fraction of sp³-hybridized carbons (Fsp3) is 0.400. The lowest BCUT2D eigenvalue weighted by molar-refractivity contribution is 0.122. The van der Waals surface area contributed by atoms with Crippen LogP contribution in [0.1, 0.15) is 26.0 Å². The SMILES string of the molecule is CCCNCCC(Oc1ccc(Cl)cc1)n1ccnc1. The van der Waals surface area contributed by atoms with Crippen molar-refractivity contribution in [3.05, 3.63) is 48.0 Å². The molecule has 0 spiro atoms. The first-order valence-corrected chi connectivity index (χ1v) is 7.27. The molecule has 2 rings (SSSR count). The normalized spacial score (nSPS) is 12.3. The molecule has 20 heavy (non-hydrogen) atoms. The average Bonchev–Trinajstić information content (AvgIpc) is 2.98. The average molecular weight is 294 g/mol. The molecule has 0 bridgehead atoms. The number of imidazole rings is 1. The van der Waals surface area contributed by atoms with Crippen LogP contribution in [-0.4, -0.2) is 22.6 Å². The van der Waals surface area contributed by atoms with E-state index >= 15 is 0 Å². The molecule has 5 heteroatoms. The minimum Gasteiger partial charge on any atom is -0.470 e. The van der Waals surface area contributed by atoms with Gasteiger partial charge >= 0.3 is 0 Å². The summed E-state index contributed by atoms with van der Waals surface area (Å²) in [4.78, 5) is 4.08. The predicted octanol–water partition coefficient (Wildman–Crippen LogP) is 3.50. The molecule has 1 heterocycles. The molecule has 2 aromatic rings. The van der Waals surface area contributed by atoms with Crippen LogP contribution in [0.5, 0.6) is 5.75 Å². The Hall–Kier alpha value is -1.52. The van der Waals surface area contributed by atoms with Gasteiger partial charge in [0.15, 0.2) is 6.23 Å². The molecule has 0 radical (unpaired) electrons. The summed E-state index contributed by atoms with van der Waals surface area (Å²) in [6.45, 7) is 4.09. The topological polar surface area (TPSA) is 39.1 Å². The van der Waals surface area contributed by atoms with Crippen LogP contribution >= 0.6 is 11.6 Å². The molecular formula is C15H20ClN3O. The van der Waals surface area contributed by atoms with Crippen molar-refractivity contribution < 1.29 is 4.74 Å². The minimum atomic E-state index is -0.0666. The highest BCUT2D eigenvalue weighted by molar-refractivity contribution is 6.30. The second-order valence-electron chi connectivity index (χ2n) is 4.57. The number of nitrogens with one attached hydrogen (secondary N) is 1. The van der Waals surface area contributed by atoms with Gasteiger partial charge in [-0.15, -0.1) is 0 Å². The number of aromatic nitrogens is 2. The lowest BCUT2D eigenvalue weighted by Crippen LogP contribution is -2.23. The van der Waals surface area contributed by atoms with E-state index in [9.17, 15) is 0 Å². The second-order valence-corrected chi connectivity index (χ2v) is 5.01. The molecule has 1 N–H and O–H groups in total. The molecule has 0 aliphatic rings. The van der Waals surface area contributed by atoms with Gasteiger partial charge in [-0.05, 0) is 37.2 Å². The Morgan fingerprint density at radius 3 is 2.75 bits per heavy atom. The summed E-state index contributed by atoms with van der Waals surface area (Å²) in [5, 5.41) is 4.10. The number of hydrogen-bond donors (Lipinski definition) is 1. The molecule has 1 atom stereocenters. The molecule has 0 aliphatic heterocycles. The van der Waals surface area contributed by atoms with Gasteiger partial charge in [0.05, 0.1) is 6.33 Å². The zero-order valence-electron chi connectivity index (χ0n) is 11.6. The molecular weight excluding hydrogens is 274 g/mol. The first kappa shape index (κ1) is 14.9. The fourth-order valence-corrected chi connectivity index (χ4v) is 2.03. The van der Waals surface area contributed by atoms with Crippen LogP contribution in [0, 0.1) is 0 Å². The number of nitrogens with zero attached hydrogens (tertiary/aromatic N) is 2. The van der Waals surface area contributed by atoms with Crippen molar-refractivity contribution in [2.45, 2.75) is 26.0 Å². The Kier molecular flexibility index (Phi) is 5.89. The summed E-state index contributed by atoms with van der Waals surface area (Å²) < 4.78 is 7.99. The predicted molar refractivity (Wildman–Crippen MR) is 81.1 cm³/mol. The van der Waals surface area contributed by atoms with E-state index in [0.717, 1.165) is 31.7 Å². The molecule has 1 aromatic heterocycles. The van der Waals surface area contributed by atoms with E-state index in [4.69, 9.17) is 16.3 Å². The third kappa shape index (κ3) is 4.54. The Morgan fingerprint density at radius 1 is 1.30 bits per heavy atom. The number of rotatable bonds is 8. The van der Waals surface area contributed by atoms with E-state index in [1.54, 1.807) is 12.5 Å². The van der Waals surface area contributed by atoms with E-state index in [-0.39, 0.29) is 6.23 Å². The van der Waals surface area contributed by atoms with Gasteiger partial charge in [-0.3, -0.25) is 0 Å². The zero-order valence-corrected chi connectivity index (χ0v) is 12.4. The molecule has 108 valence electrons. The lowest BCUT2D eigenvalue weighted by atomic mass is 10.3. The molecule has 0 saturated carbocycles. The fourth-order valence-electron chi connectivity index (χ4n) is 1.91. The van der Waals surface area contributed by atoms with Gasteiger partial charge in [-0.25, -0.2) is 4.98 Å². The van der Waals surface area contributed by atoms with Crippen molar-refractivity contribution in [3.63, 3.8) is 0 Å². The first-order chi connectivity index (χ1) is 9.79. The Labute approximate surface area is 124 Å². The third-order valence-electron chi connectivity index (χ3n) is 2.94. The van der Waals surface area contributed by atoms with Gasteiger partial charge in [0, 0.05) is 30.4 Å². The summed E-state index contributed by atoms with van der Waals surface area (Å²) in [5.41, 5.74) is 0. The van der Waals surface area contributed by atoms with Crippen molar-refractivity contribution in [1.82, 2.24) is 14.9 Å². The summed E-state index contributed by atoms with van der Waals surface area (Å²) in [5.74, 6) is 0.809. The van der Waals surface area contributed by atoms with Crippen LogP contribution in [0.2, 0.25) is 5.02 Å². The van der Waals surface area contributed by atoms with Crippen molar-refractivity contribution in [1.29, 1.82) is 0 Å². The van der Waals surface area contributed by atoms with Crippen LogP contribution < -0.4 is 10.1 Å². The third-order valence-corrected chi connectivity index (χ3v) is 3.19. The van der Waals surface area contributed by atoms with Gasteiger partial charge in [-0.2, -0.15) is 0 Å². The van der Waals surface area contributed by atoms with E-state index in [1.807, 2.05) is 35.0 Å². The molecule has 0 amide bonds. The highest BCUT2D eigenvalue weighted by Gasteiger charge is 2.11. The zero-order chi connectivity index (χ0) is 14.2. The highest BCUT2D eigenvalue weighted by Crippen LogP contribution is 2.21. The van der Waals surface area contributed by atoms with Crippen LogP contribution in [0.15, 0.2) is 43.0 Å². The maximum absolute atomic E-state index is 6.02. The van der Waals surface area contributed by atoms with E-state index in [0.29, 0.717) is 5.02 Å². The Bertz CT molecular complexity index is 484. The molecule has 0 saturated heterocycles. The Balaban J connectivity index is 1.97. The minimum absolute atomic E-state index is 0.0666. The van der Waals surface area contributed by atoms with Crippen LogP contribution in [-0.2, 0) is 0 Å². The summed E-state index contributed by atoms with van der Waals surface area (Å²) in [6, 6.07) is 7.42. The summed E-state index contributed by atoms with van der Waals surface area (Å²) in [7, 11) is 0. The molecule has 4 nitrogen and oxygen atoms in total. The molecule has 0 aliphatic carbocycles. The molecule has 1 aromatic carbocycles. The number of benzene rings is 1. The van der Waals surface area contributed by atoms with Gasteiger partial charge in [0.1, 0.15) is 5.75 Å². The van der Waals surface area contributed by atoms with Gasteiger partial charge in [0.2, 0.25) is 0 Å². The van der Waals surface area contributed by atoms with Crippen molar-refractivity contribution in [2.24, 2.45) is 0 Å². The standard InChI is InChI=1S/C15H20ClN3O/c1-2-8-17-9-7-15(19-11-10-18-12-19)20-14-5-3-13(16)4-6-14/h3-6,10-12,15,17H,2,7-9H2,1H3. The monoisotopic (exact) mass is 293 g/mol. The Morgan fingerprint density at radius 2 is 2.10 bits per heavy atom. The first-order valence-electron chi connectivity index (χ1n) is 6.90. The second kappa shape index (κ2) is 7.92. The van der Waals surface area contributed by atoms with Gasteiger partial charge in [-0.1, -0.05) is 18.5 Å². The van der Waals surface area contributed by atoms with E-state index in [2.05, 4.69) is 17.2 Å². The van der Waals surface area contributed by atoms with Gasteiger partial charge in [0.25, 0.3) is 0 Å². The molecule has 1 unspecified atom stereocenters. The number of halogens is 1. The van der Waals surface area contributed by atoms with Crippen molar-refractivity contribution in [3.8, 4) is 5.75 Å². The number of ether oxygens (including phenoxy) is 1. The summed E-state index contributed by atoms with van der Waals surface area (Å²) >= 11 is 5.89.